The van der Waals surface area contributed by atoms with E-state index in [4.69, 9.17) is 5.11 Å². The summed E-state index contributed by atoms with van der Waals surface area (Å²) < 4.78 is 24.5. The van der Waals surface area contributed by atoms with Gasteiger partial charge in [-0.3, -0.25) is 4.79 Å². The molecule has 1 rings (SSSR count). The molecule has 0 radical (unpaired) electrons. The van der Waals surface area contributed by atoms with Gasteiger partial charge < -0.3 is 10.1 Å². The quantitative estimate of drug-likeness (QED) is 0.641. The molecule has 3 nitrogen and oxygen atoms in total. The second-order valence-corrected chi connectivity index (χ2v) is 3.42. The maximum absolute atomic E-state index is 12.1. The van der Waals surface area contributed by atoms with Crippen molar-refractivity contribution in [3.63, 3.8) is 0 Å². The molecule has 0 aliphatic heterocycles. The summed E-state index contributed by atoms with van der Waals surface area (Å²) in [4.78, 5) is 13.4. The number of hydrogen-bond acceptors (Lipinski definition) is 2. The lowest BCUT2D eigenvalue weighted by Crippen LogP contribution is -2.14. The van der Waals surface area contributed by atoms with E-state index >= 15 is 0 Å². The molecule has 0 aliphatic carbocycles. The molecule has 0 amide bonds. The standard InChI is InChI=1S/C7H6F2INO2/c8-6(9)4-1-5(13)3(2-12)7(10)11-4/h1,6,12H,2H2,(H,11,13). The third kappa shape index (κ3) is 2.25. The van der Waals surface area contributed by atoms with E-state index in [1.807, 2.05) is 0 Å². The fourth-order valence-corrected chi connectivity index (χ4v) is 1.59. The van der Waals surface area contributed by atoms with Gasteiger partial charge in [-0.15, -0.1) is 0 Å². The van der Waals surface area contributed by atoms with Crippen LogP contribution in [0.25, 0.3) is 0 Å². The highest BCUT2D eigenvalue weighted by molar-refractivity contribution is 14.1. The molecule has 0 saturated heterocycles. The van der Waals surface area contributed by atoms with Crippen LogP contribution in [-0.2, 0) is 6.61 Å². The zero-order chi connectivity index (χ0) is 10.0. The van der Waals surface area contributed by atoms with E-state index < -0.39 is 24.2 Å². The number of nitrogens with one attached hydrogen (secondary N) is 1. The van der Waals surface area contributed by atoms with Gasteiger partial charge in [-0.25, -0.2) is 8.78 Å². The van der Waals surface area contributed by atoms with Gasteiger partial charge in [0.05, 0.1) is 21.6 Å². The van der Waals surface area contributed by atoms with Gasteiger partial charge in [0.2, 0.25) is 0 Å². The predicted octanol–water partition coefficient (Wildman–Crippen LogP) is 1.41. The van der Waals surface area contributed by atoms with Crippen LogP contribution in [0.5, 0.6) is 0 Å². The number of aliphatic hydroxyl groups is 1. The summed E-state index contributed by atoms with van der Waals surface area (Å²) >= 11 is 1.70. The number of pyridine rings is 1. The van der Waals surface area contributed by atoms with E-state index in [9.17, 15) is 13.6 Å². The molecule has 0 atom stereocenters. The van der Waals surface area contributed by atoms with Gasteiger partial charge in [-0.2, -0.15) is 0 Å². The maximum Gasteiger partial charge on any atom is 0.278 e. The number of hydrogen-bond donors (Lipinski definition) is 2. The van der Waals surface area contributed by atoms with Crippen LogP contribution in [-0.4, -0.2) is 10.1 Å². The third-order valence-corrected chi connectivity index (χ3v) is 2.42. The van der Waals surface area contributed by atoms with Crippen LogP contribution >= 0.6 is 22.6 Å². The Kier molecular flexibility index (Phi) is 3.37. The minimum atomic E-state index is -2.70. The van der Waals surface area contributed by atoms with Crippen LogP contribution in [0.4, 0.5) is 8.78 Å². The van der Waals surface area contributed by atoms with Crippen LogP contribution in [0, 0.1) is 3.70 Å². The molecule has 0 fully saturated rings. The number of aromatic amines is 1. The largest absolute Gasteiger partial charge is 0.391 e. The fraction of sp³-hybridized carbons (Fsp3) is 0.286. The van der Waals surface area contributed by atoms with Gasteiger partial charge in [-0.05, 0) is 22.6 Å². The van der Waals surface area contributed by atoms with Gasteiger partial charge in [0.1, 0.15) is 0 Å². The molecule has 2 N–H and O–H groups in total. The Hall–Kier alpha value is -0.500. The number of aliphatic hydroxyl groups excluding tert-OH is 1. The SMILES string of the molecule is O=c1cc(C(F)F)[nH]c(I)c1CO. The van der Waals surface area contributed by atoms with E-state index in [0.29, 0.717) is 0 Å². The first-order valence-electron chi connectivity index (χ1n) is 3.37. The highest BCUT2D eigenvalue weighted by Gasteiger charge is 2.12. The third-order valence-electron chi connectivity index (χ3n) is 1.50. The van der Waals surface area contributed by atoms with E-state index in [1.54, 1.807) is 22.6 Å². The summed E-state index contributed by atoms with van der Waals surface area (Å²) in [5.41, 5.74) is -0.877. The van der Waals surface area contributed by atoms with Crippen LogP contribution in [0.1, 0.15) is 17.7 Å². The molecule has 6 heteroatoms. The van der Waals surface area contributed by atoms with Gasteiger partial charge in [0.15, 0.2) is 5.43 Å². The van der Waals surface area contributed by atoms with Crippen molar-refractivity contribution in [3.8, 4) is 0 Å². The zero-order valence-electron chi connectivity index (χ0n) is 6.35. The lowest BCUT2D eigenvalue weighted by atomic mass is 10.2. The molecule has 13 heavy (non-hydrogen) atoms. The van der Waals surface area contributed by atoms with Crippen molar-refractivity contribution in [3.05, 3.63) is 31.2 Å². The molecule has 1 heterocycles. The van der Waals surface area contributed by atoms with Crippen molar-refractivity contribution in [1.29, 1.82) is 0 Å². The highest BCUT2D eigenvalue weighted by Crippen LogP contribution is 2.16. The number of aromatic nitrogens is 1. The normalized spacial score (nSPS) is 10.8. The summed E-state index contributed by atoms with van der Waals surface area (Å²) in [7, 11) is 0. The van der Waals surface area contributed by atoms with Crippen molar-refractivity contribution in [2.45, 2.75) is 13.0 Å². The van der Waals surface area contributed by atoms with Crippen LogP contribution in [0.15, 0.2) is 10.9 Å². The topological polar surface area (TPSA) is 53.1 Å². The second-order valence-electron chi connectivity index (χ2n) is 2.34. The smallest absolute Gasteiger partial charge is 0.278 e. The average Bonchev–Trinajstić information content (AvgIpc) is 2.03. The van der Waals surface area contributed by atoms with Crippen molar-refractivity contribution >= 4 is 22.6 Å². The molecule has 0 spiro atoms. The molecular weight excluding hydrogens is 295 g/mol. The van der Waals surface area contributed by atoms with Crippen LogP contribution in [0.3, 0.4) is 0 Å². The fourth-order valence-electron chi connectivity index (χ4n) is 0.840. The Balaban J connectivity index is 3.29. The zero-order valence-corrected chi connectivity index (χ0v) is 8.51. The number of H-pyrrole nitrogens is 1. The van der Waals surface area contributed by atoms with Gasteiger partial charge in [0.25, 0.3) is 6.43 Å². The summed E-state index contributed by atoms with van der Waals surface area (Å²) in [6, 6.07) is 0.804. The molecule has 0 bridgehead atoms. The molecule has 0 saturated carbocycles. The van der Waals surface area contributed by atoms with Crippen molar-refractivity contribution < 1.29 is 13.9 Å². The summed E-state index contributed by atoms with van der Waals surface area (Å²) in [6.07, 6.45) is -2.70. The first-order valence-corrected chi connectivity index (χ1v) is 4.44. The Morgan fingerprint density at radius 1 is 1.62 bits per heavy atom. The van der Waals surface area contributed by atoms with Gasteiger partial charge in [0, 0.05) is 6.07 Å². The van der Waals surface area contributed by atoms with E-state index in [1.165, 1.54) is 0 Å². The first kappa shape index (κ1) is 10.6. The van der Waals surface area contributed by atoms with Crippen LogP contribution in [0.2, 0.25) is 0 Å². The van der Waals surface area contributed by atoms with E-state index in [2.05, 4.69) is 4.98 Å². The Morgan fingerprint density at radius 3 is 2.62 bits per heavy atom. The molecular formula is C7H6F2INO2. The number of halogens is 3. The van der Waals surface area contributed by atoms with Crippen LogP contribution < -0.4 is 5.43 Å². The molecule has 0 aromatic carbocycles. The van der Waals surface area contributed by atoms with Crippen molar-refractivity contribution in [1.82, 2.24) is 4.98 Å². The summed E-state index contributed by atoms with van der Waals surface area (Å²) in [5.74, 6) is 0. The van der Waals surface area contributed by atoms with Crippen molar-refractivity contribution in [2.24, 2.45) is 0 Å². The lowest BCUT2D eigenvalue weighted by molar-refractivity contribution is 0.145. The lowest BCUT2D eigenvalue weighted by Gasteiger charge is -2.03. The minimum absolute atomic E-state index is 0.116. The summed E-state index contributed by atoms with van der Waals surface area (Å²) in [6.45, 7) is -0.447. The predicted molar refractivity (Wildman–Crippen MR) is 50.7 cm³/mol. The second kappa shape index (κ2) is 4.14. The van der Waals surface area contributed by atoms with Crippen molar-refractivity contribution in [2.75, 3.05) is 0 Å². The monoisotopic (exact) mass is 301 g/mol. The Labute approximate surface area is 85.9 Å². The Bertz CT molecular complexity index is 364. The molecule has 1 aromatic rings. The van der Waals surface area contributed by atoms with Gasteiger partial charge in [-0.1, -0.05) is 0 Å². The van der Waals surface area contributed by atoms with Gasteiger partial charge >= 0.3 is 0 Å². The molecule has 72 valence electrons. The highest BCUT2D eigenvalue weighted by atomic mass is 127. The summed E-state index contributed by atoms with van der Waals surface area (Å²) in [5, 5.41) is 8.72. The molecule has 0 aliphatic rings. The number of rotatable bonds is 2. The minimum Gasteiger partial charge on any atom is -0.391 e. The molecule has 1 aromatic heterocycles. The average molecular weight is 301 g/mol. The molecule has 0 unspecified atom stereocenters. The first-order chi connectivity index (χ1) is 6.06. The number of alkyl halides is 2. The van der Waals surface area contributed by atoms with E-state index in [0.717, 1.165) is 6.07 Å². The Morgan fingerprint density at radius 2 is 2.23 bits per heavy atom. The maximum atomic E-state index is 12.1. The van der Waals surface area contributed by atoms with E-state index in [-0.39, 0.29) is 9.26 Å².